The van der Waals surface area contributed by atoms with E-state index < -0.39 is 6.23 Å². The fraction of sp³-hybridized carbons (Fsp3) is 0.407. The minimum absolute atomic E-state index is 0.130. The molecule has 2 unspecified atom stereocenters. The zero-order valence-corrected chi connectivity index (χ0v) is 20.5. The van der Waals surface area contributed by atoms with E-state index in [1.165, 1.54) is 0 Å². The lowest BCUT2D eigenvalue weighted by Gasteiger charge is -2.28. The summed E-state index contributed by atoms with van der Waals surface area (Å²) < 4.78 is 6.06. The summed E-state index contributed by atoms with van der Waals surface area (Å²) in [4.78, 5) is 22.2. The van der Waals surface area contributed by atoms with E-state index >= 15 is 0 Å². The Morgan fingerprint density at radius 3 is 2.74 bits per heavy atom. The lowest BCUT2D eigenvalue weighted by Crippen LogP contribution is -2.43. The van der Waals surface area contributed by atoms with Gasteiger partial charge in [0.15, 0.2) is 0 Å². The third kappa shape index (κ3) is 4.82. The van der Waals surface area contributed by atoms with E-state index in [0.717, 1.165) is 71.3 Å². The molecule has 0 saturated carbocycles. The van der Waals surface area contributed by atoms with Gasteiger partial charge in [-0.2, -0.15) is 0 Å². The number of aromatic nitrogens is 2. The van der Waals surface area contributed by atoms with Crippen LogP contribution in [0.3, 0.4) is 0 Å². The summed E-state index contributed by atoms with van der Waals surface area (Å²) in [6, 6.07) is 10.0. The Balaban J connectivity index is 1.42. The van der Waals surface area contributed by atoms with E-state index in [4.69, 9.17) is 9.72 Å². The highest BCUT2D eigenvalue weighted by Gasteiger charge is 2.26. The van der Waals surface area contributed by atoms with E-state index in [0.29, 0.717) is 12.2 Å². The highest BCUT2D eigenvalue weighted by molar-refractivity contribution is 5.74. The normalized spacial score (nSPS) is 18.3. The van der Waals surface area contributed by atoms with Crippen molar-refractivity contribution in [3.63, 3.8) is 0 Å². The van der Waals surface area contributed by atoms with Crippen molar-refractivity contribution in [2.45, 2.75) is 39.5 Å². The Kier molecular flexibility index (Phi) is 6.60. The number of aromatic amines is 1. The number of hydrogen-bond donors (Lipinski definition) is 4. The molecule has 2 aliphatic rings. The van der Waals surface area contributed by atoms with E-state index in [1.54, 1.807) is 0 Å². The summed E-state index contributed by atoms with van der Waals surface area (Å²) in [5.41, 5.74) is 5.91. The molecule has 0 bridgehead atoms. The molecule has 2 atom stereocenters. The van der Waals surface area contributed by atoms with Gasteiger partial charge in [0.2, 0.25) is 0 Å². The molecule has 0 amide bonds. The molecular weight excluding hydrogens is 442 g/mol. The molecule has 4 N–H and O–H groups in total. The third-order valence-electron chi connectivity index (χ3n) is 6.93. The van der Waals surface area contributed by atoms with Crippen LogP contribution in [0.4, 0.5) is 5.82 Å². The van der Waals surface area contributed by atoms with Crippen molar-refractivity contribution in [1.82, 2.24) is 20.6 Å². The molecule has 4 heterocycles. The number of hydrogen-bond acceptors (Lipinski definition) is 7. The first kappa shape index (κ1) is 23.5. The lowest BCUT2D eigenvalue weighted by molar-refractivity contribution is 0.137. The summed E-state index contributed by atoms with van der Waals surface area (Å²) >= 11 is 0. The summed E-state index contributed by atoms with van der Waals surface area (Å²) in [6.45, 7) is 10.6. The molecule has 1 saturated heterocycles. The Bertz CT molecular complexity index is 1270. The molecule has 8 nitrogen and oxygen atoms in total. The molecule has 0 aliphatic carbocycles. The number of pyridine rings is 2. The van der Waals surface area contributed by atoms with E-state index in [9.17, 15) is 9.90 Å². The van der Waals surface area contributed by atoms with Crippen LogP contribution >= 0.6 is 0 Å². The van der Waals surface area contributed by atoms with Crippen molar-refractivity contribution < 1.29 is 9.84 Å². The van der Waals surface area contributed by atoms with Gasteiger partial charge in [0.25, 0.3) is 5.56 Å². The number of aryl methyl sites for hydroxylation is 2. The van der Waals surface area contributed by atoms with Gasteiger partial charge in [0.1, 0.15) is 17.8 Å². The number of nitrogens with zero attached hydrogens (tertiary/aromatic N) is 2. The van der Waals surface area contributed by atoms with Crippen molar-refractivity contribution in [3.8, 4) is 16.9 Å². The average molecular weight is 476 g/mol. The highest BCUT2D eigenvalue weighted by atomic mass is 16.5. The topological polar surface area (TPSA) is 103 Å². The molecule has 2 aromatic heterocycles. The quantitative estimate of drug-likeness (QED) is 0.407. The first-order chi connectivity index (χ1) is 16.9. The minimum atomic E-state index is -0.931. The molecular formula is C27H33N5O3. The molecule has 184 valence electrons. The second-order valence-electron chi connectivity index (χ2n) is 9.57. The van der Waals surface area contributed by atoms with Crippen molar-refractivity contribution in [1.29, 1.82) is 0 Å². The van der Waals surface area contributed by atoms with Gasteiger partial charge < -0.3 is 25.0 Å². The van der Waals surface area contributed by atoms with Gasteiger partial charge in [-0.1, -0.05) is 6.92 Å². The second-order valence-corrected chi connectivity index (χ2v) is 9.57. The van der Waals surface area contributed by atoms with Crippen molar-refractivity contribution in [2.24, 2.45) is 0 Å². The van der Waals surface area contributed by atoms with Crippen molar-refractivity contribution >= 4 is 5.82 Å². The predicted octanol–water partition coefficient (Wildman–Crippen LogP) is 2.74. The standard InChI is InChI=1S/C27H33N5O3/c1-16-10-18(3)31-27(34)23(16)14-30-26(33)20-11-21-17(2)15-35-25(21)22(12-20)19-4-5-24(29-13-19)32-8-6-28-7-9-32/h4-5,10-13,17,26,28,30,33H,6-9,14-15H2,1-3H3,(H,31,34). The number of benzene rings is 1. The first-order valence-electron chi connectivity index (χ1n) is 12.2. The Morgan fingerprint density at radius 1 is 1.23 bits per heavy atom. The summed E-state index contributed by atoms with van der Waals surface area (Å²) in [5.74, 6) is 2.06. The number of ether oxygens (including phenoxy) is 1. The third-order valence-corrected chi connectivity index (χ3v) is 6.93. The van der Waals surface area contributed by atoms with Crippen LogP contribution in [0, 0.1) is 13.8 Å². The number of rotatable bonds is 6. The smallest absolute Gasteiger partial charge is 0.252 e. The zero-order chi connectivity index (χ0) is 24.5. The number of fused-ring (bicyclic) bond motifs is 1. The number of H-pyrrole nitrogens is 1. The summed E-state index contributed by atoms with van der Waals surface area (Å²) in [5, 5.41) is 17.5. The number of aliphatic hydroxyl groups is 1. The van der Waals surface area contributed by atoms with Gasteiger partial charge in [-0.05, 0) is 55.3 Å². The fourth-order valence-corrected chi connectivity index (χ4v) is 4.92. The first-order valence-corrected chi connectivity index (χ1v) is 12.2. The van der Waals surface area contributed by atoms with Crippen LogP contribution in [0.1, 0.15) is 47.0 Å². The Labute approximate surface area is 205 Å². The molecule has 5 rings (SSSR count). The van der Waals surface area contributed by atoms with Gasteiger partial charge >= 0.3 is 0 Å². The highest BCUT2D eigenvalue weighted by Crippen LogP contribution is 2.43. The van der Waals surface area contributed by atoms with Crippen LogP contribution in [0.15, 0.2) is 41.3 Å². The van der Waals surface area contributed by atoms with Crippen LogP contribution in [0.5, 0.6) is 5.75 Å². The van der Waals surface area contributed by atoms with Crippen molar-refractivity contribution in [3.05, 3.63) is 74.8 Å². The molecule has 3 aromatic rings. The second kappa shape index (κ2) is 9.81. The largest absolute Gasteiger partial charge is 0.492 e. The maximum atomic E-state index is 12.4. The van der Waals surface area contributed by atoms with Gasteiger partial charge in [-0.15, -0.1) is 0 Å². The van der Waals surface area contributed by atoms with Crippen LogP contribution in [-0.4, -0.2) is 47.9 Å². The summed E-state index contributed by atoms with van der Waals surface area (Å²) in [7, 11) is 0. The predicted molar refractivity (Wildman–Crippen MR) is 137 cm³/mol. The average Bonchev–Trinajstić information content (AvgIpc) is 3.24. The lowest BCUT2D eigenvalue weighted by atomic mass is 9.94. The van der Waals surface area contributed by atoms with Crippen LogP contribution < -0.4 is 25.8 Å². The van der Waals surface area contributed by atoms with E-state index in [-0.39, 0.29) is 18.0 Å². The van der Waals surface area contributed by atoms with Crippen LogP contribution in [0.2, 0.25) is 0 Å². The Morgan fingerprint density at radius 2 is 2.03 bits per heavy atom. The van der Waals surface area contributed by atoms with E-state index in [1.807, 2.05) is 38.2 Å². The monoisotopic (exact) mass is 475 g/mol. The zero-order valence-electron chi connectivity index (χ0n) is 20.5. The van der Waals surface area contributed by atoms with Gasteiger partial charge in [0.05, 0.1) is 6.61 Å². The fourth-order valence-electron chi connectivity index (χ4n) is 4.92. The van der Waals surface area contributed by atoms with Crippen LogP contribution in [-0.2, 0) is 6.54 Å². The number of aliphatic hydroxyl groups excluding tert-OH is 1. The molecule has 0 radical (unpaired) electrons. The van der Waals surface area contributed by atoms with Gasteiger partial charge in [-0.3, -0.25) is 10.1 Å². The molecule has 1 aromatic carbocycles. The van der Waals surface area contributed by atoms with Crippen LogP contribution in [0.25, 0.3) is 11.1 Å². The number of piperazine rings is 1. The Hall–Kier alpha value is -3.20. The molecule has 2 aliphatic heterocycles. The minimum Gasteiger partial charge on any atom is -0.492 e. The molecule has 35 heavy (non-hydrogen) atoms. The molecule has 1 fully saturated rings. The van der Waals surface area contributed by atoms with Gasteiger partial charge in [-0.25, -0.2) is 4.98 Å². The maximum absolute atomic E-state index is 12.4. The SMILES string of the molecule is Cc1cc(C)c(CNC(O)c2cc(-c3ccc(N4CCNCC4)nc3)c3c(c2)C(C)CO3)c(=O)[nH]1. The van der Waals surface area contributed by atoms with Crippen molar-refractivity contribution in [2.75, 3.05) is 37.7 Å². The summed E-state index contributed by atoms with van der Waals surface area (Å²) in [6.07, 6.45) is 0.957. The number of anilines is 1. The number of nitrogens with one attached hydrogen (secondary N) is 3. The maximum Gasteiger partial charge on any atom is 0.252 e. The molecule has 8 heteroatoms. The van der Waals surface area contributed by atoms with E-state index in [2.05, 4.69) is 39.6 Å². The molecule has 0 spiro atoms. The van der Waals surface area contributed by atoms with Gasteiger partial charge in [0, 0.05) is 72.8 Å².